The Labute approximate surface area is 143 Å². The second kappa shape index (κ2) is 8.28. The van der Waals surface area contributed by atoms with Gasteiger partial charge in [-0.1, -0.05) is 20.8 Å². The Morgan fingerprint density at radius 1 is 1.50 bits per heavy atom. The van der Waals surface area contributed by atoms with E-state index in [9.17, 15) is 4.79 Å². The lowest BCUT2D eigenvalue weighted by atomic mass is 9.94. The highest BCUT2D eigenvalue weighted by Gasteiger charge is 2.28. The number of rotatable bonds is 7. The maximum absolute atomic E-state index is 11.0. The zero-order chi connectivity index (χ0) is 17.7. The van der Waals surface area contributed by atoms with Crippen molar-refractivity contribution in [3.05, 3.63) is 12.3 Å². The van der Waals surface area contributed by atoms with Crippen LogP contribution in [0, 0.1) is 11.8 Å². The lowest BCUT2D eigenvalue weighted by Crippen LogP contribution is -2.43. The topological polar surface area (TPSA) is 87.6 Å². The van der Waals surface area contributed by atoms with Crippen LogP contribution in [-0.2, 0) is 9.53 Å². The zero-order valence-electron chi connectivity index (χ0n) is 14.9. The van der Waals surface area contributed by atoms with E-state index in [0.29, 0.717) is 18.4 Å². The Bertz CT molecular complexity index is 552. The van der Waals surface area contributed by atoms with Gasteiger partial charge >= 0.3 is 5.97 Å². The van der Waals surface area contributed by atoms with Gasteiger partial charge in [-0.25, -0.2) is 4.98 Å². The first kappa shape index (κ1) is 18.4. The summed E-state index contributed by atoms with van der Waals surface area (Å²) in [7, 11) is 1.80. The summed E-state index contributed by atoms with van der Waals surface area (Å²) >= 11 is 0. The highest BCUT2D eigenvalue weighted by atomic mass is 16.5. The number of aromatic nitrogens is 2. The number of carboxylic acids is 1. The normalized spacial score (nSPS) is 22.2. The average molecular weight is 336 g/mol. The van der Waals surface area contributed by atoms with Gasteiger partial charge in [0.25, 0.3) is 0 Å². The van der Waals surface area contributed by atoms with Crippen LogP contribution in [0.5, 0.6) is 0 Å². The third-order valence-electron chi connectivity index (χ3n) is 4.31. The van der Waals surface area contributed by atoms with Crippen molar-refractivity contribution in [2.45, 2.75) is 45.8 Å². The third-order valence-corrected chi connectivity index (χ3v) is 4.31. The maximum atomic E-state index is 11.0. The quantitative estimate of drug-likeness (QED) is 0.789. The monoisotopic (exact) mass is 336 g/mol. The summed E-state index contributed by atoms with van der Waals surface area (Å²) < 4.78 is 5.90. The predicted octanol–water partition coefficient (Wildman–Crippen LogP) is 2.25. The third kappa shape index (κ3) is 4.80. The van der Waals surface area contributed by atoms with Crippen LogP contribution in [0.25, 0.3) is 0 Å². The Hall–Kier alpha value is -1.89. The largest absolute Gasteiger partial charge is 0.481 e. The molecule has 2 heterocycles. The van der Waals surface area contributed by atoms with Crippen molar-refractivity contribution in [3.63, 3.8) is 0 Å². The van der Waals surface area contributed by atoms with Crippen molar-refractivity contribution >= 4 is 17.7 Å². The fourth-order valence-electron chi connectivity index (χ4n) is 2.99. The van der Waals surface area contributed by atoms with Crippen LogP contribution < -0.4 is 10.2 Å². The minimum absolute atomic E-state index is 0.168. The van der Waals surface area contributed by atoms with Gasteiger partial charge in [0.15, 0.2) is 0 Å². The number of nitrogens with one attached hydrogen (secondary N) is 1. The molecule has 2 rings (SSSR count). The molecule has 1 aromatic heterocycles. The first-order chi connectivity index (χ1) is 11.4. The van der Waals surface area contributed by atoms with Crippen LogP contribution >= 0.6 is 0 Å². The highest BCUT2D eigenvalue weighted by Crippen LogP contribution is 2.24. The van der Waals surface area contributed by atoms with Gasteiger partial charge < -0.3 is 20.1 Å². The molecule has 7 nitrogen and oxygen atoms in total. The number of nitrogens with zero attached hydrogens (tertiary/aromatic N) is 3. The Morgan fingerprint density at radius 2 is 2.25 bits per heavy atom. The van der Waals surface area contributed by atoms with Crippen LogP contribution in [-0.4, -0.2) is 53.4 Å². The molecular weight excluding hydrogens is 308 g/mol. The smallest absolute Gasteiger partial charge is 0.308 e. The van der Waals surface area contributed by atoms with E-state index in [1.807, 2.05) is 6.07 Å². The summed E-state index contributed by atoms with van der Waals surface area (Å²) in [5.41, 5.74) is 0. The van der Waals surface area contributed by atoms with Crippen LogP contribution in [0.15, 0.2) is 12.3 Å². The van der Waals surface area contributed by atoms with Crippen molar-refractivity contribution in [2.24, 2.45) is 11.8 Å². The minimum Gasteiger partial charge on any atom is -0.481 e. The van der Waals surface area contributed by atoms with Crippen molar-refractivity contribution in [2.75, 3.05) is 30.4 Å². The predicted molar refractivity (Wildman–Crippen MR) is 93.3 cm³/mol. The molecule has 1 saturated heterocycles. The number of aliphatic carboxylic acids is 1. The second-order valence-electron chi connectivity index (χ2n) is 6.83. The summed E-state index contributed by atoms with van der Waals surface area (Å²) in [4.78, 5) is 21.5. The molecule has 0 radical (unpaired) electrons. The fraction of sp³-hybridized carbons (Fsp3) is 0.706. The van der Waals surface area contributed by atoms with Crippen molar-refractivity contribution in [3.8, 4) is 0 Å². The Balaban J connectivity index is 2.05. The van der Waals surface area contributed by atoms with E-state index >= 15 is 0 Å². The van der Waals surface area contributed by atoms with E-state index in [0.717, 1.165) is 25.3 Å². The van der Waals surface area contributed by atoms with Gasteiger partial charge in [0, 0.05) is 26.4 Å². The summed E-state index contributed by atoms with van der Waals surface area (Å²) in [6.07, 6.45) is 3.95. The number of carboxylic acid groups (broad SMARTS) is 1. The molecule has 0 spiro atoms. The number of anilines is 2. The first-order valence-corrected chi connectivity index (χ1v) is 8.53. The number of hydrogen-bond acceptors (Lipinski definition) is 6. The molecule has 1 fully saturated rings. The molecule has 0 aliphatic carbocycles. The summed E-state index contributed by atoms with van der Waals surface area (Å²) in [5.74, 6) is 0.396. The highest BCUT2D eigenvalue weighted by molar-refractivity contribution is 5.70. The van der Waals surface area contributed by atoms with Crippen molar-refractivity contribution < 1.29 is 14.6 Å². The maximum Gasteiger partial charge on any atom is 0.308 e. The van der Waals surface area contributed by atoms with E-state index < -0.39 is 11.9 Å². The van der Waals surface area contributed by atoms with E-state index in [-0.39, 0.29) is 12.1 Å². The number of carbonyl (C=O) groups is 1. The van der Waals surface area contributed by atoms with Crippen LogP contribution in [0.3, 0.4) is 0 Å². The van der Waals surface area contributed by atoms with Crippen LogP contribution in [0.1, 0.15) is 33.6 Å². The second-order valence-corrected chi connectivity index (χ2v) is 6.83. The van der Waals surface area contributed by atoms with E-state index in [1.54, 1.807) is 25.1 Å². The minimum atomic E-state index is -0.824. The zero-order valence-corrected chi connectivity index (χ0v) is 14.9. The van der Waals surface area contributed by atoms with E-state index in [1.165, 1.54) is 0 Å². The molecule has 3 atom stereocenters. The molecule has 1 aliphatic heterocycles. The van der Waals surface area contributed by atoms with E-state index in [2.05, 4.69) is 29.1 Å². The summed E-state index contributed by atoms with van der Waals surface area (Å²) in [6, 6.07) is 2.06. The molecule has 2 N–H and O–H groups in total. The molecule has 0 bridgehead atoms. The number of hydrogen-bond donors (Lipinski definition) is 2. The molecule has 0 aromatic carbocycles. The molecule has 7 heteroatoms. The van der Waals surface area contributed by atoms with E-state index in [4.69, 9.17) is 9.84 Å². The lowest BCUT2D eigenvalue weighted by molar-refractivity contribution is -0.140. The molecule has 1 aromatic rings. The average Bonchev–Trinajstić information content (AvgIpc) is 2.55. The van der Waals surface area contributed by atoms with Gasteiger partial charge in [0.1, 0.15) is 5.82 Å². The van der Waals surface area contributed by atoms with Gasteiger partial charge in [-0.15, -0.1) is 0 Å². The van der Waals surface area contributed by atoms with Crippen molar-refractivity contribution in [1.29, 1.82) is 0 Å². The first-order valence-electron chi connectivity index (χ1n) is 8.53. The van der Waals surface area contributed by atoms with Gasteiger partial charge in [-0.05, 0) is 24.8 Å². The SMILES string of the molecule is CC(CN(C)c1nccc(NC2CCCOC2C(C)C)n1)C(=O)O. The summed E-state index contributed by atoms with van der Waals surface area (Å²) in [6.45, 7) is 7.17. The van der Waals surface area contributed by atoms with Crippen LogP contribution in [0.2, 0.25) is 0 Å². The van der Waals surface area contributed by atoms with Gasteiger partial charge in [-0.3, -0.25) is 4.79 Å². The molecule has 134 valence electrons. The standard InChI is InChI=1S/C17H28N4O3/c1-11(2)15-13(6-5-9-24-15)19-14-7-8-18-17(20-14)21(4)10-12(3)16(22)23/h7-8,11-13,15H,5-6,9-10H2,1-4H3,(H,22,23)(H,18,19,20). The molecule has 24 heavy (non-hydrogen) atoms. The van der Waals surface area contributed by atoms with Gasteiger partial charge in [0.05, 0.1) is 18.1 Å². The summed E-state index contributed by atoms with van der Waals surface area (Å²) in [5, 5.41) is 12.5. The fourth-order valence-corrected chi connectivity index (χ4v) is 2.99. The van der Waals surface area contributed by atoms with Gasteiger partial charge in [-0.2, -0.15) is 4.98 Å². The number of ether oxygens (including phenoxy) is 1. The van der Waals surface area contributed by atoms with Crippen LogP contribution in [0.4, 0.5) is 11.8 Å². The molecule has 0 amide bonds. The molecule has 0 saturated carbocycles. The molecule has 3 unspecified atom stereocenters. The Morgan fingerprint density at radius 3 is 2.92 bits per heavy atom. The lowest BCUT2D eigenvalue weighted by Gasteiger charge is -2.35. The molecule has 1 aliphatic rings. The van der Waals surface area contributed by atoms with Gasteiger partial charge in [0.2, 0.25) is 5.95 Å². The Kier molecular flexibility index (Phi) is 6.36. The van der Waals surface area contributed by atoms with Crippen molar-refractivity contribution in [1.82, 2.24) is 9.97 Å². The molecular formula is C17H28N4O3.